The van der Waals surface area contributed by atoms with Crippen molar-refractivity contribution in [2.45, 2.75) is 32.0 Å². The summed E-state index contributed by atoms with van der Waals surface area (Å²) in [5.74, 6) is 0.177. The summed E-state index contributed by atoms with van der Waals surface area (Å²) < 4.78 is 16.6. The molecule has 1 fully saturated rings. The van der Waals surface area contributed by atoms with Crippen LogP contribution in [0.25, 0.3) is 0 Å². The van der Waals surface area contributed by atoms with Gasteiger partial charge in [-0.15, -0.1) is 0 Å². The van der Waals surface area contributed by atoms with Crippen molar-refractivity contribution in [3.8, 4) is 11.5 Å². The Balaban J connectivity index is 2.37. The Labute approximate surface area is 126 Å². The zero-order valence-electron chi connectivity index (χ0n) is 11.4. The summed E-state index contributed by atoms with van der Waals surface area (Å²) in [7, 11) is 1.52. The van der Waals surface area contributed by atoms with Gasteiger partial charge in [0.15, 0.2) is 17.6 Å². The fourth-order valence-electron chi connectivity index (χ4n) is 1.77. The number of benzene rings is 1. The number of methoxy groups -OCH3 is 1. The minimum Gasteiger partial charge on any atom is -0.493 e. The third-order valence-corrected chi connectivity index (χ3v) is 3.34. The molecule has 1 aliphatic rings. The number of aliphatic hydroxyl groups excluding tert-OH is 1. The third kappa shape index (κ3) is 3.43. The fourth-order valence-corrected chi connectivity index (χ4v) is 2.22. The Morgan fingerprint density at radius 1 is 1.50 bits per heavy atom. The second kappa shape index (κ2) is 6.45. The molecule has 0 radical (unpaired) electrons. The molecule has 5 nitrogen and oxygen atoms in total. The van der Waals surface area contributed by atoms with Crippen molar-refractivity contribution >= 4 is 21.9 Å². The van der Waals surface area contributed by atoms with Crippen LogP contribution < -0.4 is 9.47 Å². The van der Waals surface area contributed by atoms with Crippen LogP contribution in [0.1, 0.15) is 31.4 Å². The Kier molecular flexibility index (Phi) is 4.88. The highest BCUT2D eigenvalue weighted by molar-refractivity contribution is 9.10. The van der Waals surface area contributed by atoms with Crippen molar-refractivity contribution in [1.29, 1.82) is 0 Å². The van der Waals surface area contributed by atoms with E-state index in [1.165, 1.54) is 7.11 Å². The van der Waals surface area contributed by atoms with Crippen LogP contribution in [-0.2, 0) is 9.53 Å². The van der Waals surface area contributed by atoms with E-state index in [4.69, 9.17) is 14.2 Å². The molecule has 0 bridgehead atoms. The maximum Gasteiger partial charge on any atom is 0.339 e. The van der Waals surface area contributed by atoms with Gasteiger partial charge in [0.2, 0.25) is 0 Å². The topological polar surface area (TPSA) is 65.0 Å². The lowest BCUT2D eigenvalue weighted by atomic mass is 10.1. The van der Waals surface area contributed by atoms with Crippen molar-refractivity contribution in [2.75, 3.05) is 13.7 Å². The van der Waals surface area contributed by atoms with Crippen LogP contribution in [0, 0.1) is 0 Å². The van der Waals surface area contributed by atoms with Crippen molar-refractivity contribution in [3.63, 3.8) is 0 Å². The molecule has 1 saturated carbocycles. The highest BCUT2D eigenvalue weighted by atomic mass is 79.9. The Morgan fingerprint density at radius 3 is 2.75 bits per heavy atom. The summed E-state index contributed by atoms with van der Waals surface area (Å²) in [6.07, 6.45) is 0.663. The Bertz CT molecular complexity index is 499. The van der Waals surface area contributed by atoms with Gasteiger partial charge in [0.05, 0.1) is 19.8 Å². The standard InChI is InChI=1S/C14H17BrO5/c1-3-19-14(17)12(16)10-6-8(15)7-11(18-2)13(10)20-9-4-5-9/h6-7,9,12,16H,3-5H2,1-2H3. The van der Waals surface area contributed by atoms with Crippen LogP contribution in [-0.4, -0.2) is 30.9 Å². The third-order valence-electron chi connectivity index (χ3n) is 2.88. The van der Waals surface area contributed by atoms with Gasteiger partial charge in [-0.05, 0) is 31.9 Å². The molecule has 1 unspecified atom stereocenters. The van der Waals surface area contributed by atoms with E-state index in [2.05, 4.69) is 15.9 Å². The predicted molar refractivity (Wildman–Crippen MR) is 75.9 cm³/mol. The highest BCUT2D eigenvalue weighted by Gasteiger charge is 2.30. The number of esters is 1. The van der Waals surface area contributed by atoms with Crippen molar-refractivity contribution in [2.24, 2.45) is 0 Å². The first-order valence-corrected chi connectivity index (χ1v) is 7.24. The fraction of sp³-hybridized carbons (Fsp3) is 0.500. The largest absolute Gasteiger partial charge is 0.493 e. The van der Waals surface area contributed by atoms with Gasteiger partial charge < -0.3 is 19.3 Å². The number of hydrogen-bond donors (Lipinski definition) is 1. The molecule has 0 saturated heterocycles. The summed E-state index contributed by atoms with van der Waals surface area (Å²) in [5, 5.41) is 10.1. The molecule has 0 heterocycles. The first-order chi connectivity index (χ1) is 9.56. The van der Waals surface area contributed by atoms with Gasteiger partial charge in [-0.2, -0.15) is 0 Å². The average molecular weight is 345 g/mol. The predicted octanol–water partition coefficient (Wildman–Crippen LogP) is 2.60. The van der Waals surface area contributed by atoms with Gasteiger partial charge in [0.1, 0.15) is 0 Å². The molecular formula is C14H17BrO5. The summed E-state index contributed by atoms with van der Waals surface area (Å²) in [6, 6.07) is 3.38. The quantitative estimate of drug-likeness (QED) is 0.803. The number of carbonyl (C=O) groups is 1. The number of rotatable bonds is 6. The minimum absolute atomic E-state index is 0.123. The summed E-state index contributed by atoms with van der Waals surface area (Å²) in [6.45, 7) is 1.90. The molecule has 0 amide bonds. The molecule has 1 aromatic carbocycles. The number of aliphatic hydroxyl groups is 1. The van der Waals surface area contributed by atoms with E-state index in [1.807, 2.05) is 0 Å². The number of ether oxygens (including phenoxy) is 3. The lowest BCUT2D eigenvalue weighted by molar-refractivity contribution is -0.153. The van der Waals surface area contributed by atoms with Crippen LogP contribution in [0.5, 0.6) is 11.5 Å². The van der Waals surface area contributed by atoms with Crippen LogP contribution >= 0.6 is 15.9 Å². The zero-order valence-corrected chi connectivity index (χ0v) is 13.0. The van der Waals surface area contributed by atoms with E-state index in [-0.39, 0.29) is 12.7 Å². The number of hydrogen-bond acceptors (Lipinski definition) is 5. The molecular weight excluding hydrogens is 328 g/mol. The average Bonchev–Trinajstić information content (AvgIpc) is 3.23. The van der Waals surface area contributed by atoms with Gasteiger partial charge in [-0.1, -0.05) is 15.9 Å². The molecule has 1 aromatic rings. The van der Waals surface area contributed by atoms with Crippen LogP contribution in [0.2, 0.25) is 0 Å². The van der Waals surface area contributed by atoms with Gasteiger partial charge >= 0.3 is 5.97 Å². The van der Waals surface area contributed by atoms with Crippen molar-refractivity contribution in [3.05, 3.63) is 22.2 Å². The maximum absolute atomic E-state index is 11.7. The smallest absolute Gasteiger partial charge is 0.339 e. The van der Waals surface area contributed by atoms with Crippen molar-refractivity contribution < 1.29 is 24.1 Å². The SMILES string of the molecule is CCOC(=O)C(O)c1cc(Br)cc(OC)c1OC1CC1. The summed E-state index contributed by atoms with van der Waals surface area (Å²) >= 11 is 3.33. The molecule has 0 aliphatic heterocycles. The molecule has 1 N–H and O–H groups in total. The highest BCUT2D eigenvalue weighted by Crippen LogP contribution is 2.41. The molecule has 110 valence electrons. The van der Waals surface area contributed by atoms with Crippen LogP contribution in [0.4, 0.5) is 0 Å². The molecule has 1 atom stereocenters. The minimum atomic E-state index is -1.39. The molecule has 0 spiro atoms. The second-order valence-corrected chi connectivity index (χ2v) is 5.41. The van der Waals surface area contributed by atoms with E-state index in [9.17, 15) is 9.90 Å². The summed E-state index contributed by atoms with van der Waals surface area (Å²) in [4.78, 5) is 11.7. The second-order valence-electron chi connectivity index (χ2n) is 4.50. The van der Waals surface area contributed by atoms with Crippen LogP contribution in [0.15, 0.2) is 16.6 Å². The molecule has 1 aliphatic carbocycles. The number of halogens is 1. The maximum atomic E-state index is 11.7. The lowest BCUT2D eigenvalue weighted by Crippen LogP contribution is -2.17. The van der Waals surface area contributed by atoms with E-state index in [0.29, 0.717) is 21.5 Å². The van der Waals surface area contributed by atoms with Gasteiger partial charge in [-0.3, -0.25) is 0 Å². The van der Waals surface area contributed by atoms with Crippen LogP contribution in [0.3, 0.4) is 0 Å². The van der Waals surface area contributed by atoms with Gasteiger partial charge in [-0.25, -0.2) is 4.79 Å². The van der Waals surface area contributed by atoms with E-state index in [0.717, 1.165) is 12.8 Å². The molecule has 0 aromatic heterocycles. The van der Waals surface area contributed by atoms with Gasteiger partial charge in [0.25, 0.3) is 0 Å². The van der Waals surface area contributed by atoms with E-state index in [1.54, 1.807) is 19.1 Å². The summed E-state index contributed by atoms with van der Waals surface area (Å²) in [5.41, 5.74) is 0.349. The Hall–Kier alpha value is -1.27. The molecule has 6 heteroatoms. The molecule has 20 heavy (non-hydrogen) atoms. The number of carbonyl (C=O) groups excluding carboxylic acids is 1. The first-order valence-electron chi connectivity index (χ1n) is 6.45. The normalized spacial score (nSPS) is 15.6. The van der Waals surface area contributed by atoms with E-state index >= 15 is 0 Å². The van der Waals surface area contributed by atoms with E-state index < -0.39 is 12.1 Å². The Morgan fingerprint density at radius 2 is 2.20 bits per heavy atom. The lowest BCUT2D eigenvalue weighted by Gasteiger charge is -2.18. The van der Waals surface area contributed by atoms with Crippen molar-refractivity contribution in [1.82, 2.24) is 0 Å². The zero-order chi connectivity index (χ0) is 14.7. The van der Waals surface area contributed by atoms with Gasteiger partial charge in [0, 0.05) is 10.0 Å². The molecule has 2 rings (SSSR count). The monoisotopic (exact) mass is 344 g/mol. The first kappa shape index (κ1) is 15.1.